The topological polar surface area (TPSA) is 61.1 Å². The van der Waals surface area contributed by atoms with Crippen LogP contribution < -0.4 is 5.56 Å². The predicted octanol–water partition coefficient (Wildman–Crippen LogP) is -0.125. The molecule has 10 radical (unpaired) electrons. The molecule has 0 aliphatic rings. The van der Waals surface area contributed by atoms with Gasteiger partial charge in [-0.2, -0.15) is 0 Å². The van der Waals surface area contributed by atoms with Crippen molar-refractivity contribution in [1.29, 1.82) is 0 Å². The summed E-state index contributed by atoms with van der Waals surface area (Å²) >= 11 is 0. The highest BCUT2D eigenvalue weighted by molar-refractivity contribution is 7.90. The maximum absolute atomic E-state index is 13.0. The van der Waals surface area contributed by atoms with Crippen molar-refractivity contribution < 1.29 is 8.42 Å². The van der Waals surface area contributed by atoms with Crippen LogP contribution in [0.5, 0.6) is 0 Å². The Hall–Kier alpha value is -2.02. The first-order valence-corrected chi connectivity index (χ1v) is 9.31. The number of hydrogen-bond acceptors (Lipinski definition) is 3. The van der Waals surface area contributed by atoms with Crippen LogP contribution in [0.1, 0.15) is 5.56 Å². The van der Waals surface area contributed by atoms with E-state index in [0.717, 1.165) is 20.2 Å². The standard InChI is InChI=1S/C16H11B5N2O3S/c1-10-2-4-11(5-3-10)27(25,26)22-9-8-13-12(22)6-7-14(24)23(13)16(20,21)15(17,18)19/h2-9H,1H3. The maximum Gasteiger partial charge on any atom is 0.268 e. The van der Waals surface area contributed by atoms with Gasteiger partial charge in [0.25, 0.3) is 10.0 Å². The fraction of sp³-hybridized carbons (Fsp3) is 0.188. The van der Waals surface area contributed by atoms with Crippen LogP contribution in [0.25, 0.3) is 11.0 Å². The van der Waals surface area contributed by atoms with E-state index in [-0.39, 0.29) is 15.9 Å². The summed E-state index contributed by atoms with van der Waals surface area (Å²) in [6.45, 7) is 1.85. The van der Waals surface area contributed by atoms with Crippen LogP contribution in [0.15, 0.2) is 58.4 Å². The Labute approximate surface area is 164 Å². The number of rotatable bonds is 4. The summed E-state index contributed by atoms with van der Waals surface area (Å²) in [7, 11) is 24.8. The fourth-order valence-corrected chi connectivity index (χ4v) is 4.06. The van der Waals surface area contributed by atoms with Crippen molar-refractivity contribution in [2.45, 2.75) is 22.3 Å². The van der Waals surface area contributed by atoms with Crippen LogP contribution in [0.4, 0.5) is 0 Å². The molecule has 11 heteroatoms. The zero-order valence-electron chi connectivity index (χ0n) is 14.5. The monoisotopic (exact) mass is 366 g/mol. The molecular formula is C16H11B5N2O3S. The smallest absolute Gasteiger partial charge is 0.268 e. The molecule has 0 saturated heterocycles. The molecule has 0 fully saturated rings. The lowest BCUT2D eigenvalue weighted by Gasteiger charge is -2.44. The summed E-state index contributed by atoms with van der Waals surface area (Å²) in [5.74, 6) is 0. The molecule has 0 atom stereocenters. The molecular weight excluding hydrogens is 354 g/mol. The molecule has 2 heterocycles. The van der Waals surface area contributed by atoms with E-state index in [1.165, 1.54) is 30.5 Å². The molecule has 0 unspecified atom stereocenters. The van der Waals surface area contributed by atoms with Crippen molar-refractivity contribution in [3.8, 4) is 0 Å². The number of nitrogens with zero attached hydrogens (tertiary/aromatic N) is 2. The van der Waals surface area contributed by atoms with Gasteiger partial charge in [0, 0.05) is 12.3 Å². The van der Waals surface area contributed by atoms with Crippen molar-refractivity contribution in [2.24, 2.45) is 0 Å². The summed E-state index contributed by atoms with van der Waals surface area (Å²) in [4.78, 5) is 12.5. The van der Waals surface area contributed by atoms with Gasteiger partial charge in [0.05, 0.1) is 55.2 Å². The first-order valence-electron chi connectivity index (χ1n) is 7.87. The quantitative estimate of drug-likeness (QED) is 0.606. The second-order valence-corrected chi connectivity index (χ2v) is 8.28. The lowest BCUT2D eigenvalue weighted by molar-refractivity contribution is 0.588. The molecule has 124 valence electrons. The molecule has 5 nitrogen and oxygen atoms in total. The number of aromatic nitrogens is 2. The zero-order chi connectivity index (χ0) is 20.2. The Morgan fingerprint density at radius 1 is 0.852 bits per heavy atom. The van der Waals surface area contributed by atoms with E-state index in [4.69, 9.17) is 39.2 Å². The Balaban J connectivity index is 2.30. The number of aryl methyl sites for hydroxylation is 1. The van der Waals surface area contributed by atoms with E-state index >= 15 is 0 Å². The zero-order valence-corrected chi connectivity index (χ0v) is 15.3. The maximum atomic E-state index is 13.0. The third-order valence-corrected chi connectivity index (χ3v) is 6.06. The normalized spacial score (nSPS) is 13.1. The molecule has 0 aliphatic carbocycles. The third kappa shape index (κ3) is 3.12. The first-order chi connectivity index (χ1) is 12.4. The van der Waals surface area contributed by atoms with Crippen LogP contribution in [-0.4, -0.2) is 56.2 Å². The molecule has 0 aliphatic heterocycles. The van der Waals surface area contributed by atoms with Gasteiger partial charge in [0.1, 0.15) is 0 Å². The molecule has 2 aromatic heterocycles. The average molecular weight is 365 g/mol. The molecule has 3 rings (SSSR count). The van der Waals surface area contributed by atoms with E-state index in [9.17, 15) is 13.2 Å². The van der Waals surface area contributed by atoms with Gasteiger partial charge in [-0.25, -0.2) is 12.4 Å². The largest absolute Gasteiger partial charge is 0.320 e. The Kier molecular flexibility index (Phi) is 4.58. The van der Waals surface area contributed by atoms with Crippen LogP contribution in [0, 0.1) is 6.92 Å². The van der Waals surface area contributed by atoms with Gasteiger partial charge >= 0.3 is 0 Å². The predicted molar refractivity (Wildman–Crippen MR) is 109 cm³/mol. The fourth-order valence-electron chi connectivity index (χ4n) is 2.72. The van der Waals surface area contributed by atoms with Crippen molar-refractivity contribution in [2.75, 3.05) is 0 Å². The van der Waals surface area contributed by atoms with Crippen molar-refractivity contribution in [3.05, 3.63) is 64.6 Å². The molecule has 0 N–H and O–H groups in total. The highest BCUT2D eigenvalue weighted by Crippen LogP contribution is 2.32. The van der Waals surface area contributed by atoms with E-state index in [1.807, 2.05) is 6.92 Å². The summed E-state index contributed by atoms with van der Waals surface area (Å²) < 4.78 is 27.9. The van der Waals surface area contributed by atoms with Gasteiger partial charge in [-0.05, 0) is 36.5 Å². The SMILES string of the molecule is [B]C([B])([B])C([B])([B])n1c(=O)ccc2c1ccn2S(=O)(=O)c1ccc(C)cc1. The van der Waals surface area contributed by atoms with Crippen LogP contribution in [0.3, 0.4) is 0 Å². The first kappa shape index (κ1) is 19.7. The van der Waals surface area contributed by atoms with Crippen molar-refractivity contribution in [1.82, 2.24) is 8.54 Å². The minimum absolute atomic E-state index is 0.0842. The molecule has 3 aromatic rings. The van der Waals surface area contributed by atoms with Crippen LogP contribution in [0.2, 0.25) is 5.11 Å². The Bertz CT molecular complexity index is 1180. The molecule has 0 spiro atoms. The molecule has 0 bridgehead atoms. The third-order valence-electron chi connectivity index (χ3n) is 4.35. The minimum atomic E-state index is -3.92. The van der Waals surface area contributed by atoms with E-state index < -0.39 is 26.0 Å². The highest BCUT2D eigenvalue weighted by atomic mass is 32.2. The summed E-state index contributed by atoms with van der Waals surface area (Å²) in [6.07, 6.45) is 1.29. The highest BCUT2D eigenvalue weighted by Gasteiger charge is 2.34. The molecule has 1 aromatic carbocycles. The van der Waals surface area contributed by atoms with Crippen molar-refractivity contribution in [3.63, 3.8) is 0 Å². The van der Waals surface area contributed by atoms with Gasteiger partial charge in [-0.3, -0.25) is 4.79 Å². The van der Waals surface area contributed by atoms with Gasteiger partial charge in [-0.1, -0.05) is 17.7 Å². The minimum Gasteiger partial charge on any atom is -0.320 e. The lowest BCUT2D eigenvalue weighted by Crippen LogP contribution is -2.52. The van der Waals surface area contributed by atoms with Gasteiger partial charge in [-0.15, -0.1) is 5.11 Å². The number of pyridine rings is 1. The summed E-state index contributed by atoms with van der Waals surface area (Å²) in [5.41, 5.74) is 0.568. The number of hydrogen-bond donors (Lipinski definition) is 0. The Morgan fingerprint density at radius 2 is 1.44 bits per heavy atom. The van der Waals surface area contributed by atoms with Crippen molar-refractivity contribution >= 4 is 60.3 Å². The number of benzene rings is 1. The second kappa shape index (κ2) is 6.26. The summed E-state index contributed by atoms with van der Waals surface area (Å²) in [6, 6.07) is 10.2. The van der Waals surface area contributed by atoms with E-state index in [0.29, 0.717) is 0 Å². The molecule has 0 saturated carbocycles. The van der Waals surface area contributed by atoms with Crippen LogP contribution in [-0.2, 0) is 15.4 Å². The number of fused-ring (bicyclic) bond motifs is 1. The molecule has 0 amide bonds. The molecule has 27 heavy (non-hydrogen) atoms. The van der Waals surface area contributed by atoms with Crippen LogP contribution >= 0.6 is 0 Å². The van der Waals surface area contributed by atoms with E-state index in [1.54, 1.807) is 12.1 Å². The van der Waals surface area contributed by atoms with Gasteiger partial charge in [0.15, 0.2) is 0 Å². The summed E-state index contributed by atoms with van der Waals surface area (Å²) in [5, 5.41) is -4.33. The lowest BCUT2D eigenvalue weighted by atomic mass is 9.26. The average Bonchev–Trinajstić information content (AvgIpc) is 2.98. The Morgan fingerprint density at radius 3 is 2.00 bits per heavy atom. The van der Waals surface area contributed by atoms with E-state index in [2.05, 4.69) is 0 Å². The second-order valence-electron chi connectivity index (χ2n) is 6.47. The van der Waals surface area contributed by atoms with Gasteiger partial charge in [0.2, 0.25) is 5.56 Å². The van der Waals surface area contributed by atoms with Gasteiger partial charge < -0.3 is 4.57 Å².